The Balaban J connectivity index is 2.35. The molecule has 1 N–H and O–H groups in total. The molecule has 78 valence electrons. The van der Waals surface area contributed by atoms with E-state index >= 15 is 0 Å². The van der Waals surface area contributed by atoms with Crippen LogP contribution in [0.3, 0.4) is 0 Å². The van der Waals surface area contributed by atoms with E-state index in [-0.39, 0.29) is 5.60 Å². The minimum Gasteiger partial charge on any atom is -0.379 e. The normalized spacial score (nSPS) is 30.5. The molecule has 0 amide bonds. The Hall–Kier alpha value is 0.270. The molecule has 0 spiro atoms. The van der Waals surface area contributed by atoms with Gasteiger partial charge >= 0.3 is 0 Å². The van der Waals surface area contributed by atoms with Gasteiger partial charge in [0.2, 0.25) is 0 Å². The first-order valence-corrected chi connectivity index (χ1v) is 6.01. The first-order valence-electron chi connectivity index (χ1n) is 4.96. The molecule has 1 aliphatic rings. The standard InChI is InChI=1S/C10H21NOS/c1-8-5-6-13-9(11-8)7-10(2,3)12-4/h8-9,11H,5-7H2,1-4H3. The predicted molar refractivity (Wildman–Crippen MR) is 59.2 cm³/mol. The summed E-state index contributed by atoms with van der Waals surface area (Å²) in [6.07, 6.45) is 2.37. The van der Waals surface area contributed by atoms with Gasteiger partial charge in [0.05, 0.1) is 11.0 Å². The maximum Gasteiger partial charge on any atom is 0.0645 e. The van der Waals surface area contributed by atoms with Gasteiger partial charge in [-0.2, -0.15) is 0 Å². The Morgan fingerprint density at radius 3 is 2.77 bits per heavy atom. The largest absolute Gasteiger partial charge is 0.379 e. The van der Waals surface area contributed by atoms with Crippen LogP contribution in [0.2, 0.25) is 0 Å². The van der Waals surface area contributed by atoms with E-state index in [0.29, 0.717) is 11.4 Å². The summed E-state index contributed by atoms with van der Waals surface area (Å²) < 4.78 is 5.42. The molecule has 1 saturated heterocycles. The molecule has 0 aromatic rings. The molecular formula is C10H21NOS. The molecular weight excluding hydrogens is 182 g/mol. The van der Waals surface area contributed by atoms with E-state index < -0.39 is 0 Å². The summed E-state index contributed by atoms with van der Waals surface area (Å²) in [5.74, 6) is 1.28. The Bertz CT molecular complexity index is 161. The van der Waals surface area contributed by atoms with E-state index in [0.717, 1.165) is 6.42 Å². The summed E-state index contributed by atoms with van der Waals surface area (Å²) in [7, 11) is 1.79. The van der Waals surface area contributed by atoms with Crippen molar-refractivity contribution in [3.05, 3.63) is 0 Å². The van der Waals surface area contributed by atoms with Gasteiger partial charge in [-0.25, -0.2) is 0 Å². The Morgan fingerprint density at radius 1 is 1.54 bits per heavy atom. The van der Waals surface area contributed by atoms with E-state index in [9.17, 15) is 0 Å². The average molecular weight is 203 g/mol. The third-order valence-corrected chi connectivity index (χ3v) is 3.75. The molecule has 0 aromatic heterocycles. The number of rotatable bonds is 3. The van der Waals surface area contributed by atoms with Crippen molar-refractivity contribution < 1.29 is 4.74 Å². The number of hydrogen-bond acceptors (Lipinski definition) is 3. The molecule has 13 heavy (non-hydrogen) atoms. The summed E-state index contributed by atoms with van der Waals surface area (Å²) in [5, 5.41) is 4.16. The molecule has 2 unspecified atom stereocenters. The summed E-state index contributed by atoms with van der Waals surface area (Å²) in [5.41, 5.74) is 0.00171. The second kappa shape index (κ2) is 4.67. The highest BCUT2D eigenvalue weighted by molar-refractivity contribution is 7.99. The van der Waals surface area contributed by atoms with Crippen LogP contribution in [-0.2, 0) is 4.74 Å². The zero-order valence-corrected chi connectivity index (χ0v) is 9.91. The van der Waals surface area contributed by atoms with Crippen molar-refractivity contribution in [1.82, 2.24) is 5.32 Å². The lowest BCUT2D eigenvalue weighted by Gasteiger charge is -2.33. The molecule has 2 nitrogen and oxygen atoms in total. The lowest BCUT2D eigenvalue weighted by atomic mass is 10.0. The van der Waals surface area contributed by atoms with Crippen molar-refractivity contribution in [3.8, 4) is 0 Å². The van der Waals surface area contributed by atoms with Crippen LogP contribution in [0.25, 0.3) is 0 Å². The number of thioether (sulfide) groups is 1. The van der Waals surface area contributed by atoms with Crippen LogP contribution in [0.4, 0.5) is 0 Å². The Morgan fingerprint density at radius 2 is 2.23 bits per heavy atom. The highest BCUT2D eigenvalue weighted by Crippen LogP contribution is 2.26. The predicted octanol–water partition coefficient (Wildman–Crippen LogP) is 2.24. The summed E-state index contributed by atoms with van der Waals surface area (Å²) in [6, 6.07) is 0.666. The molecule has 3 heteroatoms. The first kappa shape index (κ1) is 11.3. The van der Waals surface area contributed by atoms with Crippen LogP contribution >= 0.6 is 11.8 Å². The van der Waals surface area contributed by atoms with Crippen LogP contribution in [0, 0.1) is 0 Å². The lowest BCUT2D eigenvalue weighted by Crippen LogP contribution is -2.43. The van der Waals surface area contributed by atoms with Gasteiger partial charge in [0, 0.05) is 19.6 Å². The zero-order valence-electron chi connectivity index (χ0n) is 9.09. The molecule has 2 atom stereocenters. The highest BCUT2D eigenvalue weighted by Gasteiger charge is 2.26. The number of ether oxygens (including phenoxy) is 1. The summed E-state index contributed by atoms with van der Waals surface area (Å²) >= 11 is 2.02. The quantitative estimate of drug-likeness (QED) is 0.760. The Labute approximate surface area is 85.8 Å². The van der Waals surface area contributed by atoms with Gasteiger partial charge in [0.1, 0.15) is 0 Å². The molecule has 0 saturated carbocycles. The smallest absolute Gasteiger partial charge is 0.0645 e. The highest BCUT2D eigenvalue weighted by atomic mass is 32.2. The van der Waals surface area contributed by atoms with Crippen molar-refractivity contribution >= 4 is 11.8 Å². The van der Waals surface area contributed by atoms with Crippen molar-refractivity contribution in [2.75, 3.05) is 12.9 Å². The number of methoxy groups -OCH3 is 1. The van der Waals surface area contributed by atoms with E-state index in [2.05, 4.69) is 26.1 Å². The van der Waals surface area contributed by atoms with Gasteiger partial charge in [0.25, 0.3) is 0 Å². The van der Waals surface area contributed by atoms with E-state index in [1.165, 1.54) is 12.2 Å². The molecule has 1 fully saturated rings. The van der Waals surface area contributed by atoms with Crippen LogP contribution in [0.1, 0.15) is 33.6 Å². The van der Waals surface area contributed by atoms with Gasteiger partial charge in [-0.15, -0.1) is 11.8 Å². The van der Waals surface area contributed by atoms with Gasteiger partial charge in [0.15, 0.2) is 0 Å². The third kappa shape index (κ3) is 3.88. The summed E-state index contributed by atoms with van der Waals surface area (Å²) in [4.78, 5) is 0. The fourth-order valence-corrected chi connectivity index (χ4v) is 3.11. The molecule has 1 aliphatic heterocycles. The molecule has 0 radical (unpaired) electrons. The van der Waals surface area contributed by atoms with Crippen molar-refractivity contribution in [3.63, 3.8) is 0 Å². The molecule has 1 rings (SSSR count). The van der Waals surface area contributed by atoms with Crippen molar-refractivity contribution in [2.45, 2.75) is 50.6 Å². The van der Waals surface area contributed by atoms with Crippen molar-refractivity contribution in [1.29, 1.82) is 0 Å². The number of nitrogens with one attached hydrogen (secondary N) is 1. The van der Waals surface area contributed by atoms with E-state index in [4.69, 9.17) is 4.74 Å². The third-order valence-electron chi connectivity index (χ3n) is 2.57. The molecule has 1 heterocycles. The van der Waals surface area contributed by atoms with Crippen LogP contribution in [0.5, 0.6) is 0 Å². The van der Waals surface area contributed by atoms with Gasteiger partial charge in [-0.05, 0) is 32.9 Å². The fourth-order valence-electron chi connectivity index (χ4n) is 1.48. The minimum absolute atomic E-state index is 0.00171. The molecule has 0 aromatic carbocycles. The van der Waals surface area contributed by atoms with Crippen LogP contribution in [-0.4, -0.2) is 29.9 Å². The van der Waals surface area contributed by atoms with Gasteiger partial charge in [-0.3, -0.25) is 0 Å². The zero-order chi connectivity index (χ0) is 9.90. The van der Waals surface area contributed by atoms with Gasteiger partial charge < -0.3 is 10.1 Å². The minimum atomic E-state index is 0.00171. The van der Waals surface area contributed by atoms with Gasteiger partial charge in [-0.1, -0.05) is 0 Å². The average Bonchev–Trinajstić information content (AvgIpc) is 2.03. The monoisotopic (exact) mass is 203 g/mol. The maximum atomic E-state index is 5.42. The van der Waals surface area contributed by atoms with Crippen molar-refractivity contribution in [2.24, 2.45) is 0 Å². The van der Waals surface area contributed by atoms with E-state index in [1.54, 1.807) is 7.11 Å². The van der Waals surface area contributed by atoms with Crippen LogP contribution in [0.15, 0.2) is 0 Å². The number of hydrogen-bond donors (Lipinski definition) is 1. The topological polar surface area (TPSA) is 21.3 Å². The second-order valence-electron chi connectivity index (χ2n) is 4.38. The van der Waals surface area contributed by atoms with E-state index in [1.807, 2.05) is 11.8 Å². The fraction of sp³-hybridized carbons (Fsp3) is 1.00. The maximum absolute atomic E-state index is 5.42. The summed E-state index contributed by atoms with van der Waals surface area (Å²) in [6.45, 7) is 6.55. The Kier molecular flexibility index (Phi) is 4.07. The molecule has 0 aliphatic carbocycles. The molecule has 0 bridgehead atoms. The van der Waals surface area contributed by atoms with Crippen LogP contribution < -0.4 is 5.32 Å². The lowest BCUT2D eigenvalue weighted by molar-refractivity contribution is 0.0127. The first-order chi connectivity index (χ1) is 6.03. The SMILES string of the molecule is COC(C)(C)CC1NC(C)CCS1. The second-order valence-corrected chi connectivity index (χ2v) is 5.69.